The number of nitrogens with one attached hydrogen (secondary N) is 1. The van der Waals surface area contributed by atoms with E-state index in [0.29, 0.717) is 24.9 Å². The Bertz CT molecular complexity index is 474. The molecule has 116 valence electrons. The number of aliphatic hydroxyl groups is 1. The Morgan fingerprint density at radius 2 is 1.90 bits per heavy atom. The van der Waals surface area contributed by atoms with E-state index in [4.69, 9.17) is 0 Å². The lowest BCUT2D eigenvalue weighted by Gasteiger charge is -2.24. The maximum Gasteiger partial charge on any atom is 0.314 e. The van der Waals surface area contributed by atoms with Gasteiger partial charge < -0.3 is 15.5 Å². The lowest BCUT2D eigenvalue weighted by molar-refractivity contribution is -0.145. The number of hydrogen-bond donors (Lipinski definition) is 3. The molecule has 0 aliphatic rings. The maximum absolute atomic E-state index is 12.0. The second kappa shape index (κ2) is 7.78. The Kier molecular flexibility index (Phi) is 6.37. The normalized spacial score (nSPS) is 15.0. The first-order chi connectivity index (χ1) is 9.90. The van der Waals surface area contributed by atoms with E-state index >= 15 is 0 Å². The summed E-state index contributed by atoms with van der Waals surface area (Å²) in [4.78, 5) is 23.5. The molecule has 0 spiro atoms. The van der Waals surface area contributed by atoms with E-state index in [2.05, 4.69) is 5.32 Å². The summed E-state index contributed by atoms with van der Waals surface area (Å²) < 4.78 is 0. The Balaban J connectivity index is 2.67. The van der Waals surface area contributed by atoms with Gasteiger partial charge in [-0.15, -0.1) is 0 Å². The lowest BCUT2D eigenvalue weighted by Crippen LogP contribution is -2.39. The van der Waals surface area contributed by atoms with E-state index in [1.807, 2.05) is 6.92 Å². The van der Waals surface area contributed by atoms with Crippen molar-refractivity contribution in [3.8, 4) is 0 Å². The van der Waals surface area contributed by atoms with Gasteiger partial charge in [0, 0.05) is 13.0 Å². The molecule has 2 unspecified atom stereocenters. The van der Waals surface area contributed by atoms with Gasteiger partial charge in [-0.1, -0.05) is 37.3 Å². The molecule has 5 heteroatoms. The number of aliphatic hydroxyl groups excluding tert-OH is 1. The Labute approximate surface area is 125 Å². The number of carboxylic acids is 1. The molecule has 0 aliphatic carbocycles. The Morgan fingerprint density at radius 1 is 1.29 bits per heavy atom. The van der Waals surface area contributed by atoms with Crippen LogP contribution in [0, 0.1) is 0 Å². The Hall–Kier alpha value is -1.88. The van der Waals surface area contributed by atoms with E-state index in [-0.39, 0.29) is 12.3 Å². The molecule has 0 heterocycles. The van der Waals surface area contributed by atoms with Gasteiger partial charge in [-0.25, -0.2) is 0 Å². The zero-order valence-corrected chi connectivity index (χ0v) is 12.5. The molecule has 21 heavy (non-hydrogen) atoms. The van der Waals surface area contributed by atoms with Crippen molar-refractivity contribution in [2.45, 2.75) is 44.6 Å². The average molecular weight is 293 g/mol. The van der Waals surface area contributed by atoms with Gasteiger partial charge in [0.2, 0.25) is 5.91 Å². The number of amides is 1. The van der Waals surface area contributed by atoms with Gasteiger partial charge in [0.25, 0.3) is 0 Å². The minimum absolute atomic E-state index is 0.130. The van der Waals surface area contributed by atoms with Crippen molar-refractivity contribution < 1.29 is 19.8 Å². The van der Waals surface area contributed by atoms with Crippen LogP contribution in [0.25, 0.3) is 0 Å². The first kappa shape index (κ1) is 17.2. The van der Waals surface area contributed by atoms with Crippen LogP contribution in [0.3, 0.4) is 0 Å². The largest absolute Gasteiger partial charge is 0.481 e. The van der Waals surface area contributed by atoms with Gasteiger partial charge in [0.15, 0.2) is 0 Å². The number of carbonyl (C=O) groups is 2. The van der Waals surface area contributed by atoms with E-state index in [1.54, 1.807) is 37.3 Å². The molecule has 0 saturated carbocycles. The number of carbonyl (C=O) groups excluding carboxylic acids is 1. The smallest absolute Gasteiger partial charge is 0.314 e. The predicted molar refractivity (Wildman–Crippen MR) is 80.0 cm³/mol. The Morgan fingerprint density at radius 3 is 2.43 bits per heavy atom. The van der Waals surface area contributed by atoms with E-state index in [9.17, 15) is 19.8 Å². The fraction of sp³-hybridized carbons (Fsp3) is 0.500. The monoisotopic (exact) mass is 293 g/mol. The highest BCUT2D eigenvalue weighted by Gasteiger charge is 2.37. The molecular formula is C16H23NO4. The van der Waals surface area contributed by atoms with Crippen LogP contribution in [0.4, 0.5) is 0 Å². The van der Waals surface area contributed by atoms with Crippen LogP contribution in [0.1, 0.15) is 38.7 Å². The molecular weight excluding hydrogens is 270 g/mol. The second-order valence-electron chi connectivity index (χ2n) is 5.38. The number of aliphatic carboxylic acids is 1. The summed E-state index contributed by atoms with van der Waals surface area (Å²) in [6, 6.07) is 8.74. The molecule has 1 aromatic carbocycles. The van der Waals surface area contributed by atoms with Crippen molar-refractivity contribution in [2.75, 3.05) is 6.54 Å². The topological polar surface area (TPSA) is 86.6 Å². The quantitative estimate of drug-likeness (QED) is 0.681. The van der Waals surface area contributed by atoms with Crippen molar-refractivity contribution in [2.24, 2.45) is 0 Å². The highest BCUT2D eigenvalue weighted by Crippen LogP contribution is 2.27. The van der Waals surface area contributed by atoms with Gasteiger partial charge in [-0.05, 0) is 25.3 Å². The number of rotatable bonds is 8. The van der Waals surface area contributed by atoms with Gasteiger partial charge in [-0.3, -0.25) is 9.59 Å². The van der Waals surface area contributed by atoms with Crippen molar-refractivity contribution in [1.29, 1.82) is 0 Å². The lowest BCUT2D eigenvalue weighted by atomic mass is 9.79. The van der Waals surface area contributed by atoms with E-state index in [0.717, 1.165) is 0 Å². The number of carboxylic acid groups (broad SMARTS) is 1. The molecule has 0 radical (unpaired) electrons. The van der Waals surface area contributed by atoms with Crippen LogP contribution in [0.2, 0.25) is 0 Å². The van der Waals surface area contributed by atoms with E-state index < -0.39 is 17.5 Å². The molecule has 0 fully saturated rings. The van der Waals surface area contributed by atoms with Crippen molar-refractivity contribution in [1.82, 2.24) is 5.32 Å². The first-order valence-corrected chi connectivity index (χ1v) is 7.14. The highest BCUT2D eigenvalue weighted by molar-refractivity contribution is 5.89. The molecule has 5 nitrogen and oxygen atoms in total. The minimum Gasteiger partial charge on any atom is -0.481 e. The van der Waals surface area contributed by atoms with Crippen LogP contribution in [0.15, 0.2) is 30.3 Å². The molecule has 2 atom stereocenters. The third kappa shape index (κ3) is 4.86. The zero-order chi connectivity index (χ0) is 15.9. The second-order valence-corrected chi connectivity index (χ2v) is 5.38. The molecule has 1 aromatic rings. The standard InChI is InChI=1S/C16H23NO4/c1-3-13(18)9-10-17-14(19)11-16(2,15(20)21)12-7-5-4-6-8-12/h4-8,13,18H,3,9-11H2,1-2H3,(H,17,19)(H,20,21). The summed E-state index contributed by atoms with van der Waals surface area (Å²) in [5, 5.41) is 21.6. The maximum atomic E-state index is 12.0. The average Bonchev–Trinajstić information content (AvgIpc) is 2.47. The van der Waals surface area contributed by atoms with Crippen molar-refractivity contribution in [3.63, 3.8) is 0 Å². The summed E-state index contributed by atoms with van der Waals surface area (Å²) in [5.41, 5.74) is -0.657. The van der Waals surface area contributed by atoms with Crippen LogP contribution in [0.5, 0.6) is 0 Å². The fourth-order valence-electron chi connectivity index (χ4n) is 2.07. The number of hydrogen-bond acceptors (Lipinski definition) is 3. The minimum atomic E-state index is -1.26. The molecule has 0 aliphatic heterocycles. The first-order valence-electron chi connectivity index (χ1n) is 7.14. The molecule has 0 bridgehead atoms. The summed E-state index contributed by atoms with van der Waals surface area (Å²) in [6.45, 7) is 3.76. The van der Waals surface area contributed by atoms with Crippen LogP contribution < -0.4 is 5.32 Å². The molecule has 0 saturated heterocycles. The predicted octanol–water partition coefficient (Wildman–Crippen LogP) is 1.70. The van der Waals surface area contributed by atoms with Crippen molar-refractivity contribution >= 4 is 11.9 Å². The fourth-order valence-corrected chi connectivity index (χ4v) is 2.07. The van der Waals surface area contributed by atoms with Gasteiger partial charge >= 0.3 is 5.97 Å². The molecule has 0 aromatic heterocycles. The summed E-state index contributed by atoms with van der Waals surface area (Å²) >= 11 is 0. The summed E-state index contributed by atoms with van der Waals surface area (Å²) in [5.74, 6) is -1.36. The van der Waals surface area contributed by atoms with Crippen LogP contribution in [-0.2, 0) is 15.0 Å². The summed E-state index contributed by atoms with van der Waals surface area (Å²) in [7, 11) is 0. The molecule has 3 N–H and O–H groups in total. The molecule has 1 rings (SSSR count). The van der Waals surface area contributed by atoms with Crippen LogP contribution in [-0.4, -0.2) is 34.7 Å². The van der Waals surface area contributed by atoms with Gasteiger partial charge in [0.05, 0.1) is 11.5 Å². The number of benzene rings is 1. The molecule has 1 amide bonds. The third-order valence-corrected chi connectivity index (χ3v) is 3.67. The SMILES string of the molecule is CCC(O)CCNC(=O)CC(C)(C(=O)O)c1ccccc1. The van der Waals surface area contributed by atoms with Gasteiger partial charge in [0.1, 0.15) is 0 Å². The van der Waals surface area contributed by atoms with Crippen molar-refractivity contribution in [3.05, 3.63) is 35.9 Å². The van der Waals surface area contributed by atoms with Crippen LogP contribution >= 0.6 is 0 Å². The van der Waals surface area contributed by atoms with Gasteiger partial charge in [-0.2, -0.15) is 0 Å². The zero-order valence-electron chi connectivity index (χ0n) is 12.5. The summed E-state index contributed by atoms with van der Waals surface area (Å²) in [6.07, 6.45) is 0.531. The third-order valence-electron chi connectivity index (χ3n) is 3.67. The highest BCUT2D eigenvalue weighted by atomic mass is 16.4. The van der Waals surface area contributed by atoms with E-state index in [1.165, 1.54) is 0 Å².